The number of nitrogens with one attached hydrogen (secondary N) is 2. The third-order valence-electron chi connectivity index (χ3n) is 5.42. The number of anilines is 3. The molecule has 3 aromatic rings. The summed E-state index contributed by atoms with van der Waals surface area (Å²) >= 11 is 0. The molecule has 1 aliphatic rings. The number of halogens is 1. The highest BCUT2D eigenvalue weighted by molar-refractivity contribution is 6.37. The van der Waals surface area contributed by atoms with E-state index in [0.717, 1.165) is 11.3 Å². The van der Waals surface area contributed by atoms with E-state index in [9.17, 15) is 14.0 Å². The molecular formula is C26H25FN4O2. The van der Waals surface area contributed by atoms with Crippen molar-refractivity contribution in [1.29, 1.82) is 0 Å². The van der Waals surface area contributed by atoms with E-state index in [2.05, 4.69) is 10.6 Å². The summed E-state index contributed by atoms with van der Waals surface area (Å²) in [6.07, 6.45) is 0. The van der Waals surface area contributed by atoms with Gasteiger partial charge in [-0.05, 0) is 61.9 Å². The van der Waals surface area contributed by atoms with Crippen molar-refractivity contribution in [2.24, 2.45) is 5.73 Å². The molecule has 0 spiro atoms. The van der Waals surface area contributed by atoms with Crippen molar-refractivity contribution in [2.45, 2.75) is 19.4 Å². The highest BCUT2D eigenvalue weighted by Crippen LogP contribution is 2.38. The number of carbonyl (C=O) groups excluding carboxylic acids is 2. The molecule has 0 atom stereocenters. The van der Waals surface area contributed by atoms with Gasteiger partial charge in [0, 0.05) is 24.0 Å². The number of fused-ring (bicyclic) bond motifs is 1. The van der Waals surface area contributed by atoms with Gasteiger partial charge in [0.05, 0.1) is 22.5 Å². The fourth-order valence-electron chi connectivity index (χ4n) is 3.74. The number of hydrogen-bond acceptors (Lipinski definition) is 4. The number of hydrogen-bond donors (Lipinski definition) is 3. The fourth-order valence-corrected chi connectivity index (χ4v) is 3.74. The monoisotopic (exact) mass is 444 g/mol. The number of nitrogens with two attached hydrogens (primary N) is 1. The third kappa shape index (κ3) is 4.49. The number of amides is 2. The largest absolute Gasteiger partial charge is 0.354 e. The van der Waals surface area contributed by atoms with Crippen LogP contribution in [0.25, 0.3) is 11.3 Å². The van der Waals surface area contributed by atoms with E-state index in [4.69, 9.17) is 5.73 Å². The Balaban J connectivity index is 1.73. The van der Waals surface area contributed by atoms with Crippen molar-refractivity contribution in [3.05, 3.63) is 89.7 Å². The van der Waals surface area contributed by atoms with Crippen LogP contribution in [-0.2, 0) is 9.59 Å². The maximum absolute atomic E-state index is 13.7. The Morgan fingerprint density at radius 3 is 2.33 bits per heavy atom. The second kappa shape index (κ2) is 8.52. The Bertz CT molecular complexity index is 1250. The van der Waals surface area contributed by atoms with Gasteiger partial charge < -0.3 is 21.3 Å². The molecule has 0 saturated carbocycles. The zero-order valence-corrected chi connectivity index (χ0v) is 18.6. The quantitative estimate of drug-likeness (QED) is 0.507. The van der Waals surface area contributed by atoms with Crippen LogP contribution in [0.15, 0.2) is 72.8 Å². The minimum Gasteiger partial charge on any atom is -0.354 e. The summed E-state index contributed by atoms with van der Waals surface area (Å²) in [5.41, 5.74) is 9.26. The first-order valence-electron chi connectivity index (χ1n) is 10.5. The van der Waals surface area contributed by atoms with Gasteiger partial charge in [0.15, 0.2) is 0 Å². The summed E-state index contributed by atoms with van der Waals surface area (Å²) in [7, 11) is 1.68. The maximum Gasteiger partial charge on any atom is 0.258 e. The summed E-state index contributed by atoms with van der Waals surface area (Å²) in [5, 5.41) is 6.09. The summed E-state index contributed by atoms with van der Waals surface area (Å²) in [4.78, 5) is 26.9. The van der Waals surface area contributed by atoms with Crippen molar-refractivity contribution in [3.63, 3.8) is 0 Å². The highest BCUT2D eigenvalue weighted by atomic mass is 19.1. The lowest BCUT2D eigenvalue weighted by Gasteiger charge is -2.26. The zero-order valence-electron chi connectivity index (χ0n) is 18.6. The number of carbonyl (C=O) groups is 2. The molecule has 4 N–H and O–H groups in total. The lowest BCUT2D eigenvalue weighted by Crippen LogP contribution is -2.49. The van der Waals surface area contributed by atoms with Crippen molar-refractivity contribution in [1.82, 2.24) is 0 Å². The molecule has 0 fully saturated rings. The van der Waals surface area contributed by atoms with Crippen LogP contribution in [0.3, 0.4) is 0 Å². The SMILES string of the molecule is CN(C(=O)C(C)(C)N)c1ccc(N/C(=C2\C(=O)Nc3cc(F)ccc32)c2ccccc2)cc1. The van der Waals surface area contributed by atoms with Crippen molar-refractivity contribution in [2.75, 3.05) is 22.6 Å². The first kappa shape index (κ1) is 22.2. The predicted octanol–water partition coefficient (Wildman–Crippen LogP) is 4.46. The number of benzene rings is 3. The van der Waals surface area contributed by atoms with Gasteiger partial charge in [-0.2, -0.15) is 0 Å². The second-order valence-electron chi connectivity index (χ2n) is 8.52. The minimum atomic E-state index is -0.987. The summed E-state index contributed by atoms with van der Waals surface area (Å²) in [6.45, 7) is 3.33. The number of rotatable bonds is 5. The second-order valence-corrected chi connectivity index (χ2v) is 8.52. The van der Waals surface area contributed by atoms with Crippen molar-refractivity contribution in [3.8, 4) is 0 Å². The molecule has 0 unspecified atom stereocenters. The van der Waals surface area contributed by atoms with E-state index in [0.29, 0.717) is 28.2 Å². The lowest BCUT2D eigenvalue weighted by molar-refractivity contribution is -0.122. The predicted molar refractivity (Wildman–Crippen MR) is 130 cm³/mol. The van der Waals surface area contributed by atoms with Gasteiger partial charge in [0.2, 0.25) is 5.91 Å². The molecule has 168 valence electrons. The number of likely N-dealkylation sites (N-methyl/N-ethyl adjacent to an activating group) is 1. The molecule has 0 aliphatic carbocycles. The Kier molecular flexibility index (Phi) is 5.74. The molecule has 0 radical (unpaired) electrons. The van der Waals surface area contributed by atoms with E-state index in [1.807, 2.05) is 42.5 Å². The Morgan fingerprint density at radius 2 is 1.70 bits per heavy atom. The molecule has 6 nitrogen and oxygen atoms in total. The molecule has 0 aromatic heterocycles. The molecule has 0 saturated heterocycles. The van der Waals surface area contributed by atoms with Gasteiger partial charge >= 0.3 is 0 Å². The first-order chi connectivity index (χ1) is 15.6. The van der Waals surface area contributed by atoms with Crippen LogP contribution < -0.4 is 21.3 Å². The number of nitrogens with zero attached hydrogens (tertiary/aromatic N) is 1. The van der Waals surface area contributed by atoms with Gasteiger partial charge in [-0.15, -0.1) is 0 Å². The Morgan fingerprint density at radius 1 is 1.03 bits per heavy atom. The molecule has 3 aromatic carbocycles. The minimum absolute atomic E-state index is 0.207. The summed E-state index contributed by atoms with van der Waals surface area (Å²) in [6, 6.07) is 21.0. The Hall–Kier alpha value is -3.97. The maximum atomic E-state index is 13.7. The fraction of sp³-hybridized carbons (Fsp3) is 0.154. The molecule has 0 bridgehead atoms. The average Bonchev–Trinajstić information content (AvgIpc) is 3.11. The zero-order chi connectivity index (χ0) is 23.8. The molecule has 1 aliphatic heterocycles. The van der Waals surface area contributed by atoms with Gasteiger partial charge in [-0.1, -0.05) is 30.3 Å². The first-order valence-corrected chi connectivity index (χ1v) is 10.5. The van der Waals surface area contributed by atoms with Gasteiger partial charge in [-0.3, -0.25) is 9.59 Å². The molecule has 1 heterocycles. The topological polar surface area (TPSA) is 87.5 Å². The summed E-state index contributed by atoms with van der Waals surface area (Å²) in [5.74, 6) is -0.935. The van der Waals surface area contributed by atoms with Gasteiger partial charge in [0.1, 0.15) is 5.82 Å². The molecular weight excluding hydrogens is 419 g/mol. The summed E-state index contributed by atoms with van der Waals surface area (Å²) < 4.78 is 13.7. The van der Waals surface area contributed by atoms with Gasteiger partial charge in [0.25, 0.3) is 5.91 Å². The van der Waals surface area contributed by atoms with Crippen LogP contribution in [0, 0.1) is 5.82 Å². The molecule has 2 amide bonds. The van der Waals surface area contributed by atoms with E-state index in [-0.39, 0.29) is 11.8 Å². The van der Waals surface area contributed by atoms with Crippen molar-refractivity contribution >= 4 is 40.1 Å². The molecule has 7 heteroatoms. The van der Waals surface area contributed by atoms with E-state index in [1.54, 1.807) is 39.1 Å². The lowest BCUT2D eigenvalue weighted by atomic mass is 10.00. The van der Waals surface area contributed by atoms with Crippen LogP contribution in [-0.4, -0.2) is 24.4 Å². The average molecular weight is 445 g/mol. The molecule has 33 heavy (non-hydrogen) atoms. The molecule has 4 rings (SSSR count). The van der Waals surface area contributed by atoms with E-state index >= 15 is 0 Å². The third-order valence-corrected chi connectivity index (χ3v) is 5.42. The van der Waals surface area contributed by atoms with Crippen LogP contribution in [0.1, 0.15) is 25.0 Å². The van der Waals surface area contributed by atoms with Crippen molar-refractivity contribution < 1.29 is 14.0 Å². The standard InChI is InChI=1S/C26H25FN4O2/c1-26(2,28)25(33)31(3)19-12-10-18(11-13-19)29-23(16-7-5-4-6-8-16)22-20-14-9-17(27)15-21(20)30-24(22)32/h4-15,29H,28H2,1-3H3,(H,30,32)/b23-22-. The van der Waals surface area contributed by atoms with Crippen LogP contribution in [0.5, 0.6) is 0 Å². The Labute approximate surface area is 191 Å². The normalized spacial score (nSPS) is 14.4. The van der Waals surface area contributed by atoms with E-state index < -0.39 is 11.4 Å². The highest BCUT2D eigenvalue weighted by Gasteiger charge is 2.29. The van der Waals surface area contributed by atoms with E-state index in [1.165, 1.54) is 17.0 Å². The van der Waals surface area contributed by atoms with Crippen LogP contribution in [0.2, 0.25) is 0 Å². The smallest absolute Gasteiger partial charge is 0.258 e. The van der Waals surface area contributed by atoms with Crippen LogP contribution >= 0.6 is 0 Å². The van der Waals surface area contributed by atoms with Crippen LogP contribution in [0.4, 0.5) is 21.5 Å². The van der Waals surface area contributed by atoms with Gasteiger partial charge in [-0.25, -0.2) is 4.39 Å².